The highest BCUT2D eigenvalue weighted by Crippen LogP contribution is 2.54. The van der Waals surface area contributed by atoms with E-state index in [1.807, 2.05) is 0 Å². The zero-order chi connectivity index (χ0) is 21.6. The van der Waals surface area contributed by atoms with E-state index in [-0.39, 0.29) is 29.1 Å². The summed E-state index contributed by atoms with van der Waals surface area (Å²) in [6.45, 7) is 1.52. The third-order valence-corrected chi connectivity index (χ3v) is 6.74. The first-order chi connectivity index (χ1) is 14.1. The molecule has 0 saturated heterocycles. The fourth-order valence-electron chi connectivity index (χ4n) is 5.39. The number of aryl methyl sites for hydroxylation is 1. The molecule has 2 unspecified atom stereocenters. The first-order valence-corrected chi connectivity index (χ1v) is 10.5. The average Bonchev–Trinajstić information content (AvgIpc) is 3.28. The predicted octanol–water partition coefficient (Wildman–Crippen LogP) is 4.08. The Hall–Kier alpha value is -2.25. The van der Waals surface area contributed by atoms with Crippen molar-refractivity contribution in [3.63, 3.8) is 0 Å². The minimum absolute atomic E-state index is 0.0126. The number of fused-ring (bicyclic) bond motifs is 1. The number of ketones is 1. The maximum atomic E-state index is 13.4. The summed E-state index contributed by atoms with van der Waals surface area (Å²) in [5, 5.41) is 13.5. The van der Waals surface area contributed by atoms with Crippen molar-refractivity contribution in [2.75, 3.05) is 5.32 Å². The quantitative estimate of drug-likeness (QED) is 0.744. The number of hydrogen-bond donors (Lipinski definition) is 2. The Morgan fingerprint density at radius 2 is 2.00 bits per heavy atom. The zero-order valence-corrected chi connectivity index (χ0v) is 17.7. The van der Waals surface area contributed by atoms with Crippen LogP contribution in [0.4, 0.5) is 10.1 Å². The monoisotopic (exact) mass is 433 g/mol. The average molecular weight is 434 g/mol. The normalized spacial score (nSPS) is 27.8. The van der Waals surface area contributed by atoms with Gasteiger partial charge < -0.3 is 15.0 Å². The SMILES string of the molecule is CC(=O)CC1(O)CC2CC(c3ncn(C)c3C(=O)Nc3ccc(F)c(Cl)c3)CC2C1. The second kappa shape index (κ2) is 7.78. The number of benzene rings is 1. The molecule has 2 saturated carbocycles. The topological polar surface area (TPSA) is 84.2 Å². The largest absolute Gasteiger partial charge is 0.389 e. The molecule has 2 fully saturated rings. The fraction of sp³-hybridized carbons (Fsp3) is 0.500. The maximum Gasteiger partial charge on any atom is 0.274 e. The van der Waals surface area contributed by atoms with Gasteiger partial charge in [0, 0.05) is 25.1 Å². The maximum absolute atomic E-state index is 13.4. The van der Waals surface area contributed by atoms with E-state index in [2.05, 4.69) is 10.3 Å². The summed E-state index contributed by atoms with van der Waals surface area (Å²) in [4.78, 5) is 28.9. The van der Waals surface area contributed by atoms with E-state index >= 15 is 0 Å². The number of rotatable bonds is 5. The molecule has 2 aromatic rings. The van der Waals surface area contributed by atoms with Crippen LogP contribution in [0.25, 0.3) is 0 Å². The second-order valence-electron chi connectivity index (χ2n) is 8.87. The standard InChI is InChI=1S/C22H25ClFN3O3/c1-12(28)8-22(30)9-14-5-13(6-15(14)10-22)19-20(27(2)11-25-19)21(29)26-16-3-4-18(24)17(23)7-16/h3-4,7,11,13-15,30H,5-6,8-10H2,1-2H3,(H,26,29). The minimum atomic E-state index is -0.891. The molecule has 1 aromatic carbocycles. The van der Waals surface area contributed by atoms with Crippen molar-refractivity contribution in [3.8, 4) is 0 Å². The summed E-state index contributed by atoms with van der Waals surface area (Å²) in [5.74, 6) is -0.0727. The number of hydrogen-bond acceptors (Lipinski definition) is 4. The Bertz CT molecular complexity index is 992. The number of nitrogens with one attached hydrogen (secondary N) is 1. The highest BCUT2D eigenvalue weighted by atomic mass is 35.5. The number of aromatic nitrogens is 2. The van der Waals surface area contributed by atoms with Gasteiger partial charge in [-0.2, -0.15) is 0 Å². The second-order valence-corrected chi connectivity index (χ2v) is 9.28. The smallest absolute Gasteiger partial charge is 0.274 e. The van der Waals surface area contributed by atoms with Gasteiger partial charge in [0.05, 0.1) is 22.6 Å². The van der Waals surface area contributed by atoms with Crippen LogP contribution >= 0.6 is 11.6 Å². The molecule has 6 nitrogen and oxygen atoms in total. The molecule has 1 aromatic heterocycles. The third-order valence-electron chi connectivity index (χ3n) is 6.45. The predicted molar refractivity (Wildman–Crippen MR) is 111 cm³/mol. The Labute approximate surface area is 179 Å². The van der Waals surface area contributed by atoms with Gasteiger partial charge in [-0.1, -0.05) is 11.6 Å². The lowest BCUT2D eigenvalue weighted by Crippen LogP contribution is -2.28. The summed E-state index contributed by atoms with van der Waals surface area (Å²) in [5.41, 5.74) is 0.737. The minimum Gasteiger partial charge on any atom is -0.389 e. The van der Waals surface area contributed by atoms with E-state index in [4.69, 9.17) is 11.6 Å². The molecule has 2 atom stereocenters. The zero-order valence-electron chi connectivity index (χ0n) is 17.0. The molecule has 0 spiro atoms. The number of anilines is 1. The number of aliphatic hydroxyl groups is 1. The molecule has 0 aliphatic heterocycles. The molecular weight excluding hydrogens is 409 g/mol. The van der Waals surface area contributed by atoms with Crippen molar-refractivity contribution in [1.82, 2.24) is 9.55 Å². The van der Waals surface area contributed by atoms with Gasteiger partial charge in [0.1, 0.15) is 17.3 Å². The van der Waals surface area contributed by atoms with Crippen LogP contribution in [0.1, 0.15) is 61.1 Å². The Morgan fingerprint density at radius 3 is 2.60 bits per heavy atom. The molecule has 8 heteroatoms. The number of nitrogens with zero attached hydrogens (tertiary/aromatic N) is 2. The highest BCUT2D eigenvalue weighted by molar-refractivity contribution is 6.31. The highest BCUT2D eigenvalue weighted by Gasteiger charge is 2.50. The van der Waals surface area contributed by atoms with E-state index in [1.54, 1.807) is 17.9 Å². The van der Waals surface area contributed by atoms with Crippen molar-refractivity contribution in [2.45, 2.75) is 50.5 Å². The van der Waals surface area contributed by atoms with Gasteiger partial charge in [-0.15, -0.1) is 0 Å². The Kier molecular flexibility index (Phi) is 5.45. The molecular formula is C22H25ClFN3O3. The van der Waals surface area contributed by atoms with Crippen LogP contribution in [0.3, 0.4) is 0 Å². The van der Waals surface area contributed by atoms with Crippen molar-refractivity contribution < 1.29 is 19.1 Å². The molecule has 2 aliphatic carbocycles. The third kappa shape index (κ3) is 4.01. The summed E-state index contributed by atoms with van der Waals surface area (Å²) in [6.07, 6.45) is 4.76. The van der Waals surface area contributed by atoms with E-state index in [0.717, 1.165) is 18.5 Å². The van der Waals surface area contributed by atoms with Gasteiger partial charge in [0.25, 0.3) is 5.91 Å². The van der Waals surface area contributed by atoms with Gasteiger partial charge in [0.15, 0.2) is 0 Å². The van der Waals surface area contributed by atoms with Crippen LogP contribution in [0.2, 0.25) is 5.02 Å². The summed E-state index contributed by atoms with van der Waals surface area (Å²) >= 11 is 5.81. The van der Waals surface area contributed by atoms with E-state index < -0.39 is 11.4 Å². The van der Waals surface area contributed by atoms with Gasteiger partial charge >= 0.3 is 0 Å². The first kappa shape index (κ1) is 21.0. The summed E-state index contributed by atoms with van der Waals surface area (Å²) in [6, 6.07) is 4.05. The number of halogens is 2. The molecule has 2 aliphatic rings. The van der Waals surface area contributed by atoms with Crippen LogP contribution in [-0.4, -0.2) is 31.9 Å². The van der Waals surface area contributed by atoms with Crippen molar-refractivity contribution >= 4 is 29.0 Å². The molecule has 0 radical (unpaired) electrons. The van der Waals surface area contributed by atoms with Crippen molar-refractivity contribution in [2.24, 2.45) is 18.9 Å². The molecule has 2 N–H and O–H groups in total. The number of Topliss-reactive ketones (excluding diaryl/α,β-unsaturated/α-hetero) is 1. The van der Waals surface area contributed by atoms with E-state index in [9.17, 15) is 19.1 Å². The summed E-state index contributed by atoms with van der Waals surface area (Å²) in [7, 11) is 1.77. The van der Waals surface area contributed by atoms with Crippen molar-refractivity contribution in [1.29, 1.82) is 0 Å². The molecule has 4 rings (SSSR count). The molecule has 1 amide bonds. The van der Waals surface area contributed by atoms with E-state index in [1.165, 1.54) is 25.1 Å². The Balaban J connectivity index is 1.49. The summed E-state index contributed by atoms with van der Waals surface area (Å²) < 4.78 is 15.1. The Morgan fingerprint density at radius 1 is 1.33 bits per heavy atom. The van der Waals surface area contributed by atoms with Crippen LogP contribution < -0.4 is 5.32 Å². The lowest BCUT2D eigenvalue weighted by Gasteiger charge is -2.23. The lowest BCUT2D eigenvalue weighted by atomic mass is 9.89. The molecule has 30 heavy (non-hydrogen) atoms. The van der Waals surface area contributed by atoms with Crippen LogP contribution in [0, 0.1) is 17.7 Å². The van der Waals surface area contributed by atoms with Crippen LogP contribution in [0.15, 0.2) is 24.5 Å². The number of carbonyl (C=O) groups excluding carboxylic acids is 2. The van der Waals surface area contributed by atoms with Gasteiger partial charge in [-0.25, -0.2) is 9.37 Å². The van der Waals surface area contributed by atoms with Crippen LogP contribution in [0.5, 0.6) is 0 Å². The van der Waals surface area contributed by atoms with Crippen LogP contribution in [-0.2, 0) is 11.8 Å². The first-order valence-electron chi connectivity index (χ1n) is 10.1. The fourth-order valence-corrected chi connectivity index (χ4v) is 5.57. The lowest BCUT2D eigenvalue weighted by molar-refractivity contribution is -0.121. The number of amides is 1. The molecule has 1 heterocycles. The molecule has 0 bridgehead atoms. The molecule has 160 valence electrons. The van der Waals surface area contributed by atoms with Crippen molar-refractivity contribution in [3.05, 3.63) is 46.8 Å². The van der Waals surface area contributed by atoms with E-state index in [0.29, 0.717) is 36.1 Å². The number of imidazole rings is 1. The van der Waals surface area contributed by atoms with Gasteiger partial charge in [0.2, 0.25) is 0 Å². The van der Waals surface area contributed by atoms with Gasteiger partial charge in [-0.05, 0) is 62.6 Å². The number of carbonyl (C=O) groups is 2. The van der Waals surface area contributed by atoms with Gasteiger partial charge in [-0.3, -0.25) is 9.59 Å².